The Labute approximate surface area is 126 Å². The molecule has 0 saturated heterocycles. The summed E-state index contributed by atoms with van der Waals surface area (Å²) in [7, 11) is 0. The van der Waals surface area contributed by atoms with Gasteiger partial charge in [0.25, 0.3) is 5.91 Å². The average molecular weight is 306 g/mol. The van der Waals surface area contributed by atoms with Crippen LogP contribution in [0.15, 0.2) is 11.6 Å². The van der Waals surface area contributed by atoms with Gasteiger partial charge in [-0.1, -0.05) is 24.5 Å². The fraction of sp³-hybridized carbons (Fsp3) is 0.538. The van der Waals surface area contributed by atoms with Crippen LogP contribution in [0.2, 0.25) is 0 Å². The molecule has 0 radical (unpaired) electrons. The highest BCUT2D eigenvalue weighted by molar-refractivity contribution is 7.13. The fourth-order valence-corrected chi connectivity index (χ4v) is 3.13. The van der Waals surface area contributed by atoms with E-state index in [1.54, 1.807) is 6.20 Å². The molecule has 1 saturated carbocycles. The van der Waals surface area contributed by atoms with Gasteiger partial charge >= 0.3 is 0 Å². The van der Waals surface area contributed by atoms with Crippen molar-refractivity contribution in [3.05, 3.63) is 23.0 Å². The topological polar surface area (TPSA) is 98.7 Å². The van der Waals surface area contributed by atoms with E-state index < -0.39 is 0 Å². The maximum Gasteiger partial charge on any atom is 0.273 e. The van der Waals surface area contributed by atoms with E-state index in [0.717, 1.165) is 18.5 Å². The molecule has 0 unspecified atom stereocenters. The van der Waals surface area contributed by atoms with Crippen molar-refractivity contribution in [2.75, 3.05) is 5.73 Å². The lowest BCUT2D eigenvalue weighted by molar-refractivity contribution is 0.0945. The zero-order chi connectivity index (χ0) is 14.7. The van der Waals surface area contributed by atoms with E-state index in [1.165, 1.54) is 30.6 Å². The largest absolute Gasteiger partial charge is 0.375 e. The van der Waals surface area contributed by atoms with Crippen LogP contribution in [0.3, 0.4) is 0 Å². The molecule has 0 spiro atoms. The number of hydrogen-bond acceptors (Lipinski definition) is 6. The Hall–Kier alpha value is -1.96. The van der Waals surface area contributed by atoms with E-state index in [4.69, 9.17) is 5.73 Å². The first-order valence-electron chi connectivity index (χ1n) is 7.12. The summed E-state index contributed by atoms with van der Waals surface area (Å²) in [6.45, 7) is 0.350. The van der Waals surface area contributed by atoms with Crippen molar-refractivity contribution in [3.8, 4) is 0 Å². The minimum atomic E-state index is -0.233. The Morgan fingerprint density at radius 1 is 1.43 bits per heavy atom. The van der Waals surface area contributed by atoms with Crippen molar-refractivity contribution in [2.24, 2.45) is 0 Å². The molecule has 1 fully saturated rings. The standard InChI is InChI=1S/C13H18N6OS/c14-13-16-9(8-21-13)6-15-12(20)11-7-19(18-17-11)10-4-2-1-3-5-10/h7-8,10H,1-6H2,(H2,14,16)(H,15,20). The number of amides is 1. The second-order valence-corrected chi connectivity index (χ2v) is 6.13. The van der Waals surface area contributed by atoms with Crippen LogP contribution in [-0.2, 0) is 6.54 Å². The van der Waals surface area contributed by atoms with Crippen LogP contribution in [-0.4, -0.2) is 25.9 Å². The number of aromatic nitrogens is 4. The molecule has 8 heteroatoms. The molecular weight excluding hydrogens is 288 g/mol. The summed E-state index contributed by atoms with van der Waals surface area (Å²) in [6.07, 6.45) is 7.69. The monoisotopic (exact) mass is 306 g/mol. The van der Waals surface area contributed by atoms with Gasteiger partial charge in [-0.15, -0.1) is 16.4 Å². The number of nitrogens with one attached hydrogen (secondary N) is 1. The third kappa shape index (κ3) is 3.38. The second-order valence-electron chi connectivity index (χ2n) is 5.24. The van der Waals surface area contributed by atoms with E-state index in [1.807, 2.05) is 10.1 Å². The van der Waals surface area contributed by atoms with Gasteiger partial charge in [-0.25, -0.2) is 9.67 Å². The van der Waals surface area contributed by atoms with E-state index in [-0.39, 0.29) is 5.91 Å². The predicted octanol–water partition coefficient (Wildman–Crippen LogP) is 1.75. The first-order chi connectivity index (χ1) is 10.2. The molecule has 2 aromatic heterocycles. The quantitative estimate of drug-likeness (QED) is 0.896. The molecule has 3 N–H and O–H groups in total. The molecule has 2 aromatic rings. The number of thiazole rings is 1. The van der Waals surface area contributed by atoms with Crippen molar-refractivity contribution in [1.29, 1.82) is 0 Å². The van der Waals surface area contributed by atoms with Crippen LogP contribution in [0.25, 0.3) is 0 Å². The number of nitrogens with zero attached hydrogens (tertiary/aromatic N) is 4. The molecule has 21 heavy (non-hydrogen) atoms. The molecule has 2 heterocycles. The summed E-state index contributed by atoms with van der Waals surface area (Å²) in [5, 5.41) is 13.2. The fourth-order valence-electron chi connectivity index (χ4n) is 2.57. The van der Waals surface area contributed by atoms with Crippen LogP contribution in [0.5, 0.6) is 0 Å². The molecule has 0 atom stereocenters. The van der Waals surface area contributed by atoms with Gasteiger partial charge in [0.15, 0.2) is 10.8 Å². The maximum absolute atomic E-state index is 12.0. The van der Waals surface area contributed by atoms with Crippen molar-refractivity contribution in [2.45, 2.75) is 44.7 Å². The number of nitrogens with two attached hydrogens (primary N) is 1. The van der Waals surface area contributed by atoms with Gasteiger partial charge in [0, 0.05) is 5.38 Å². The number of nitrogen functional groups attached to an aromatic ring is 1. The molecule has 1 amide bonds. The molecule has 7 nitrogen and oxygen atoms in total. The van der Waals surface area contributed by atoms with E-state index in [2.05, 4.69) is 20.6 Å². The van der Waals surface area contributed by atoms with Crippen LogP contribution in [0, 0.1) is 0 Å². The highest BCUT2D eigenvalue weighted by atomic mass is 32.1. The minimum absolute atomic E-state index is 0.233. The summed E-state index contributed by atoms with van der Waals surface area (Å²) in [4.78, 5) is 16.1. The minimum Gasteiger partial charge on any atom is -0.375 e. The van der Waals surface area contributed by atoms with Crippen molar-refractivity contribution in [3.63, 3.8) is 0 Å². The van der Waals surface area contributed by atoms with Gasteiger partial charge < -0.3 is 11.1 Å². The molecule has 112 valence electrons. The zero-order valence-electron chi connectivity index (χ0n) is 11.7. The van der Waals surface area contributed by atoms with Gasteiger partial charge in [-0.05, 0) is 12.8 Å². The van der Waals surface area contributed by atoms with Gasteiger partial charge in [-0.2, -0.15) is 0 Å². The van der Waals surface area contributed by atoms with E-state index in [0.29, 0.717) is 23.4 Å². The zero-order valence-corrected chi connectivity index (χ0v) is 12.5. The normalized spacial score (nSPS) is 16.0. The number of carbonyl (C=O) groups excluding carboxylic acids is 1. The molecule has 1 aliphatic rings. The van der Waals surface area contributed by atoms with Gasteiger partial charge in [0.1, 0.15) is 0 Å². The first kappa shape index (κ1) is 14.0. The smallest absolute Gasteiger partial charge is 0.273 e. The molecule has 1 aliphatic carbocycles. The van der Waals surface area contributed by atoms with Gasteiger partial charge in [0.05, 0.1) is 24.5 Å². The SMILES string of the molecule is Nc1nc(CNC(=O)c2cn(C3CCCCC3)nn2)cs1. The van der Waals surface area contributed by atoms with Crippen LogP contribution in [0.1, 0.15) is 54.3 Å². The Morgan fingerprint density at radius 3 is 2.95 bits per heavy atom. The molecule has 0 bridgehead atoms. The van der Waals surface area contributed by atoms with Crippen LogP contribution in [0.4, 0.5) is 5.13 Å². The summed E-state index contributed by atoms with van der Waals surface area (Å²) in [6, 6.07) is 0.381. The highest BCUT2D eigenvalue weighted by Crippen LogP contribution is 2.27. The summed E-state index contributed by atoms with van der Waals surface area (Å²) in [5.74, 6) is -0.233. The molecule has 0 aliphatic heterocycles. The third-order valence-electron chi connectivity index (χ3n) is 3.69. The Balaban J connectivity index is 1.58. The molecule has 3 rings (SSSR count). The lowest BCUT2D eigenvalue weighted by Crippen LogP contribution is -2.23. The van der Waals surface area contributed by atoms with Crippen LogP contribution < -0.4 is 11.1 Å². The number of rotatable bonds is 4. The molecular formula is C13H18N6OS. The summed E-state index contributed by atoms with van der Waals surface area (Å²) >= 11 is 1.36. The lowest BCUT2D eigenvalue weighted by Gasteiger charge is -2.20. The second kappa shape index (κ2) is 6.21. The maximum atomic E-state index is 12.0. The molecule has 0 aromatic carbocycles. The van der Waals surface area contributed by atoms with Crippen molar-refractivity contribution in [1.82, 2.24) is 25.3 Å². The predicted molar refractivity (Wildman–Crippen MR) is 79.8 cm³/mol. The van der Waals surface area contributed by atoms with Crippen molar-refractivity contribution >= 4 is 22.4 Å². The van der Waals surface area contributed by atoms with Crippen molar-refractivity contribution < 1.29 is 4.79 Å². The number of anilines is 1. The average Bonchev–Trinajstić information content (AvgIpc) is 3.15. The first-order valence-corrected chi connectivity index (χ1v) is 8.00. The van der Waals surface area contributed by atoms with E-state index in [9.17, 15) is 4.79 Å². The van der Waals surface area contributed by atoms with E-state index >= 15 is 0 Å². The van der Waals surface area contributed by atoms with Gasteiger partial charge in [0.2, 0.25) is 0 Å². The Bertz CT molecular complexity index is 616. The highest BCUT2D eigenvalue weighted by Gasteiger charge is 2.18. The third-order valence-corrected chi connectivity index (χ3v) is 4.41. The summed E-state index contributed by atoms with van der Waals surface area (Å²) < 4.78 is 1.83. The Kier molecular flexibility index (Phi) is 4.14. The summed E-state index contributed by atoms with van der Waals surface area (Å²) in [5.41, 5.74) is 6.66. The number of carbonyl (C=O) groups is 1. The number of hydrogen-bond donors (Lipinski definition) is 2. The van der Waals surface area contributed by atoms with Gasteiger partial charge in [-0.3, -0.25) is 4.79 Å². The van der Waals surface area contributed by atoms with Crippen LogP contribution >= 0.6 is 11.3 Å². The Morgan fingerprint density at radius 2 is 2.24 bits per heavy atom. The lowest BCUT2D eigenvalue weighted by atomic mass is 9.96.